The average molecular weight is 321 g/mol. The molecule has 7 nitrogen and oxygen atoms in total. The fourth-order valence-electron chi connectivity index (χ4n) is 2.07. The first-order valence-electron chi connectivity index (χ1n) is 7.17. The number of carbonyl (C=O) groups is 2. The number of amides is 1. The van der Waals surface area contributed by atoms with Gasteiger partial charge in [0, 0.05) is 19.7 Å². The van der Waals surface area contributed by atoms with E-state index in [1.165, 1.54) is 18.1 Å². The van der Waals surface area contributed by atoms with Gasteiger partial charge < -0.3 is 24.2 Å². The van der Waals surface area contributed by atoms with E-state index in [1.54, 1.807) is 24.3 Å². The standard InChI is InChI=1S/C16H19NO6/c1-21-7-6-17(11-16(19)20)15(18)5-3-12-2-4-13-14(10-12)23-9-8-22-13/h2-5,10H,6-9,11H2,1H3,(H,19,20)/b5-3+. The summed E-state index contributed by atoms with van der Waals surface area (Å²) < 4.78 is 15.8. The number of hydrogen-bond acceptors (Lipinski definition) is 5. The minimum Gasteiger partial charge on any atom is -0.486 e. The van der Waals surface area contributed by atoms with Gasteiger partial charge in [-0.15, -0.1) is 0 Å². The lowest BCUT2D eigenvalue weighted by Crippen LogP contribution is -2.36. The van der Waals surface area contributed by atoms with Gasteiger partial charge in [-0.05, 0) is 23.8 Å². The normalized spacial score (nSPS) is 13.1. The number of methoxy groups -OCH3 is 1. The van der Waals surface area contributed by atoms with Crippen LogP contribution in [0.5, 0.6) is 11.5 Å². The molecule has 1 N–H and O–H groups in total. The van der Waals surface area contributed by atoms with Gasteiger partial charge in [0.25, 0.3) is 0 Å². The summed E-state index contributed by atoms with van der Waals surface area (Å²) in [4.78, 5) is 24.1. The maximum absolute atomic E-state index is 12.1. The number of carbonyl (C=O) groups excluding carboxylic acids is 1. The fraction of sp³-hybridized carbons (Fsp3) is 0.375. The summed E-state index contributed by atoms with van der Waals surface area (Å²) in [6.45, 7) is 1.13. The highest BCUT2D eigenvalue weighted by Gasteiger charge is 2.14. The number of carboxylic acid groups (broad SMARTS) is 1. The Morgan fingerprint density at radius 2 is 2.04 bits per heavy atom. The third kappa shape index (κ3) is 5.00. The summed E-state index contributed by atoms with van der Waals surface area (Å²) in [5.41, 5.74) is 0.768. The first kappa shape index (κ1) is 16.8. The Hall–Kier alpha value is -2.54. The van der Waals surface area contributed by atoms with Crippen molar-refractivity contribution < 1.29 is 28.9 Å². The summed E-state index contributed by atoms with van der Waals surface area (Å²) in [5, 5.41) is 8.86. The van der Waals surface area contributed by atoms with Crippen LogP contribution in [0, 0.1) is 0 Å². The quantitative estimate of drug-likeness (QED) is 0.755. The van der Waals surface area contributed by atoms with E-state index in [9.17, 15) is 9.59 Å². The zero-order valence-electron chi connectivity index (χ0n) is 12.9. The van der Waals surface area contributed by atoms with Gasteiger partial charge in [-0.3, -0.25) is 9.59 Å². The molecule has 0 aromatic heterocycles. The molecule has 124 valence electrons. The third-order valence-corrected chi connectivity index (χ3v) is 3.19. The zero-order chi connectivity index (χ0) is 16.7. The molecule has 0 spiro atoms. The fourth-order valence-corrected chi connectivity index (χ4v) is 2.07. The second kappa shape index (κ2) is 8.19. The van der Waals surface area contributed by atoms with Crippen molar-refractivity contribution in [2.24, 2.45) is 0 Å². The molecule has 0 atom stereocenters. The number of nitrogens with zero attached hydrogens (tertiary/aromatic N) is 1. The van der Waals surface area contributed by atoms with Gasteiger partial charge in [0.05, 0.1) is 6.61 Å². The van der Waals surface area contributed by atoms with Gasteiger partial charge >= 0.3 is 5.97 Å². The van der Waals surface area contributed by atoms with Gasteiger partial charge in [-0.25, -0.2) is 0 Å². The van der Waals surface area contributed by atoms with Crippen LogP contribution in [0.2, 0.25) is 0 Å². The number of rotatable bonds is 7. The molecule has 1 aromatic carbocycles. The van der Waals surface area contributed by atoms with Gasteiger partial charge in [0.1, 0.15) is 19.8 Å². The van der Waals surface area contributed by atoms with E-state index in [1.807, 2.05) is 0 Å². The number of fused-ring (bicyclic) bond motifs is 1. The molecule has 0 saturated heterocycles. The predicted molar refractivity (Wildman–Crippen MR) is 82.6 cm³/mol. The monoisotopic (exact) mass is 321 g/mol. The molecule has 23 heavy (non-hydrogen) atoms. The van der Waals surface area contributed by atoms with Crippen molar-refractivity contribution in [2.75, 3.05) is 40.0 Å². The smallest absolute Gasteiger partial charge is 0.323 e. The van der Waals surface area contributed by atoms with Crippen molar-refractivity contribution in [2.45, 2.75) is 0 Å². The zero-order valence-corrected chi connectivity index (χ0v) is 12.9. The molecule has 1 aromatic rings. The van der Waals surface area contributed by atoms with Crippen LogP contribution in [0.25, 0.3) is 6.08 Å². The molecule has 7 heteroatoms. The van der Waals surface area contributed by atoms with Crippen LogP contribution in [-0.2, 0) is 14.3 Å². The first-order chi connectivity index (χ1) is 11.1. The molecular formula is C16H19NO6. The van der Waals surface area contributed by atoms with E-state index in [-0.39, 0.29) is 25.6 Å². The van der Waals surface area contributed by atoms with Crippen LogP contribution in [0.15, 0.2) is 24.3 Å². The second-order valence-corrected chi connectivity index (χ2v) is 4.88. The van der Waals surface area contributed by atoms with Gasteiger partial charge in [0.2, 0.25) is 5.91 Å². The topological polar surface area (TPSA) is 85.3 Å². The SMILES string of the molecule is COCCN(CC(=O)O)C(=O)/C=C/c1ccc2c(c1)OCCO2. The van der Waals surface area contributed by atoms with Gasteiger partial charge in [-0.1, -0.05) is 6.07 Å². The summed E-state index contributed by atoms with van der Waals surface area (Å²) in [5.74, 6) is -0.151. The van der Waals surface area contributed by atoms with Crippen molar-refractivity contribution in [1.29, 1.82) is 0 Å². The molecular weight excluding hydrogens is 302 g/mol. The minimum atomic E-state index is -1.07. The molecule has 2 rings (SSSR count). The Morgan fingerprint density at radius 1 is 1.30 bits per heavy atom. The molecule has 1 amide bonds. The molecule has 0 saturated carbocycles. The highest BCUT2D eigenvalue weighted by Crippen LogP contribution is 2.31. The van der Waals surface area contributed by atoms with Gasteiger partial charge in [0.15, 0.2) is 11.5 Å². The van der Waals surface area contributed by atoms with Crippen molar-refractivity contribution in [3.8, 4) is 11.5 Å². The summed E-state index contributed by atoms with van der Waals surface area (Å²) in [6, 6.07) is 5.35. The number of hydrogen-bond donors (Lipinski definition) is 1. The van der Waals surface area contributed by atoms with Crippen LogP contribution >= 0.6 is 0 Å². The lowest BCUT2D eigenvalue weighted by molar-refractivity contribution is -0.143. The van der Waals surface area contributed by atoms with Crippen LogP contribution < -0.4 is 9.47 Å². The molecule has 1 aliphatic heterocycles. The first-order valence-corrected chi connectivity index (χ1v) is 7.17. The maximum atomic E-state index is 12.1. The van der Waals surface area contributed by atoms with Crippen molar-refractivity contribution >= 4 is 18.0 Å². The van der Waals surface area contributed by atoms with E-state index in [2.05, 4.69) is 0 Å². The lowest BCUT2D eigenvalue weighted by Gasteiger charge is -2.19. The number of ether oxygens (including phenoxy) is 3. The molecule has 0 unspecified atom stereocenters. The summed E-state index contributed by atoms with van der Waals surface area (Å²) in [7, 11) is 1.49. The minimum absolute atomic E-state index is 0.215. The average Bonchev–Trinajstić information content (AvgIpc) is 2.56. The summed E-state index contributed by atoms with van der Waals surface area (Å²) >= 11 is 0. The Morgan fingerprint density at radius 3 is 2.74 bits per heavy atom. The number of carboxylic acids is 1. The molecule has 0 radical (unpaired) electrons. The molecule has 1 heterocycles. The lowest BCUT2D eigenvalue weighted by atomic mass is 10.1. The van der Waals surface area contributed by atoms with Crippen LogP contribution in [0.1, 0.15) is 5.56 Å². The summed E-state index contributed by atoms with van der Waals surface area (Å²) in [6.07, 6.45) is 2.95. The number of aliphatic carboxylic acids is 1. The van der Waals surface area contributed by atoms with Crippen LogP contribution in [0.4, 0.5) is 0 Å². The van der Waals surface area contributed by atoms with Crippen LogP contribution in [0.3, 0.4) is 0 Å². The van der Waals surface area contributed by atoms with E-state index >= 15 is 0 Å². The Labute approximate surface area is 134 Å². The van der Waals surface area contributed by atoms with E-state index in [0.29, 0.717) is 24.7 Å². The van der Waals surface area contributed by atoms with Crippen LogP contribution in [-0.4, -0.2) is 61.9 Å². The molecule has 0 fully saturated rings. The van der Waals surface area contributed by atoms with Gasteiger partial charge in [-0.2, -0.15) is 0 Å². The maximum Gasteiger partial charge on any atom is 0.323 e. The van der Waals surface area contributed by atoms with E-state index < -0.39 is 5.97 Å². The van der Waals surface area contributed by atoms with E-state index in [0.717, 1.165) is 5.56 Å². The molecule has 0 bridgehead atoms. The third-order valence-electron chi connectivity index (χ3n) is 3.19. The molecule has 0 aliphatic carbocycles. The molecule has 1 aliphatic rings. The van der Waals surface area contributed by atoms with E-state index in [4.69, 9.17) is 19.3 Å². The van der Waals surface area contributed by atoms with Crippen molar-refractivity contribution in [1.82, 2.24) is 4.90 Å². The Kier molecular flexibility index (Phi) is 5.99. The predicted octanol–water partition coefficient (Wildman–Crippen LogP) is 1.03. The highest BCUT2D eigenvalue weighted by atomic mass is 16.6. The number of benzene rings is 1. The van der Waals surface area contributed by atoms with Crippen molar-refractivity contribution in [3.63, 3.8) is 0 Å². The Balaban J connectivity index is 2.04. The van der Waals surface area contributed by atoms with Crippen molar-refractivity contribution in [3.05, 3.63) is 29.8 Å². The second-order valence-electron chi connectivity index (χ2n) is 4.88. The largest absolute Gasteiger partial charge is 0.486 e. The Bertz CT molecular complexity index is 598. The highest BCUT2D eigenvalue weighted by molar-refractivity contribution is 5.93.